The molecule has 1 amide bonds. The first-order chi connectivity index (χ1) is 16.4. The lowest BCUT2D eigenvalue weighted by Gasteiger charge is -2.10. The van der Waals surface area contributed by atoms with Crippen molar-refractivity contribution >= 4 is 51.3 Å². The fourth-order valence-electron chi connectivity index (χ4n) is 3.25. The van der Waals surface area contributed by atoms with Crippen molar-refractivity contribution < 1.29 is 9.18 Å². The molecule has 0 aliphatic rings. The molecule has 4 aromatic rings. The second-order valence-electron chi connectivity index (χ2n) is 7.86. The summed E-state index contributed by atoms with van der Waals surface area (Å²) in [5.41, 5.74) is 2.42. The number of hydrogen-bond donors (Lipinski definition) is 2. The Kier molecular flexibility index (Phi) is 7.52. The van der Waals surface area contributed by atoms with E-state index in [-0.39, 0.29) is 10.9 Å². The molecule has 34 heavy (non-hydrogen) atoms. The zero-order valence-corrected chi connectivity index (χ0v) is 20.3. The van der Waals surface area contributed by atoms with E-state index in [4.69, 9.17) is 11.6 Å². The molecule has 0 spiro atoms. The Morgan fingerprint density at radius 2 is 2.00 bits per heavy atom. The van der Waals surface area contributed by atoms with Gasteiger partial charge in [0.05, 0.1) is 17.1 Å². The average Bonchev–Trinajstić information content (AvgIpc) is 3.29. The zero-order valence-electron chi connectivity index (χ0n) is 18.7. The number of carbonyl (C=O) groups is 1. The molecule has 174 valence electrons. The van der Waals surface area contributed by atoms with E-state index < -0.39 is 5.82 Å². The minimum Gasteiger partial charge on any atom is -0.348 e. The smallest absolute Gasteiger partial charge is 0.243 e. The Hall–Kier alpha value is -3.33. The molecule has 4 rings (SSSR count). The van der Waals surface area contributed by atoms with Crippen molar-refractivity contribution in [2.24, 2.45) is 0 Å². The maximum atomic E-state index is 13.5. The molecule has 2 heterocycles. The highest BCUT2D eigenvalue weighted by Crippen LogP contribution is 2.33. The van der Waals surface area contributed by atoms with E-state index in [9.17, 15) is 9.18 Å². The number of carbonyl (C=O) groups excluding carboxylic acids is 1. The number of fused-ring (bicyclic) bond motifs is 1. The molecule has 6 nitrogen and oxygen atoms in total. The largest absolute Gasteiger partial charge is 0.348 e. The number of nitrogens with zero attached hydrogens (tertiary/aromatic N) is 3. The molecule has 0 fully saturated rings. The summed E-state index contributed by atoms with van der Waals surface area (Å²) in [6.45, 7) is 1.18. The van der Waals surface area contributed by atoms with Crippen molar-refractivity contribution in [3.05, 3.63) is 82.7 Å². The van der Waals surface area contributed by atoms with Crippen LogP contribution in [0.1, 0.15) is 4.88 Å². The number of hydrogen-bond acceptors (Lipinski definition) is 6. The van der Waals surface area contributed by atoms with Crippen LogP contribution in [0.2, 0.25) is 5.02 Å². The predicted molar refractivity (Wildman–Crippen MR) is 137 cm³/mol. The van der Waals surface area contributed by atoms with Gasteiger partial charge in [-0.3, -0.25) is 4.79 Å². The first-order valence-corrected chi connectivity index (χ1v) is 11.7. The summed E-state index contributed by atoms with van der Waals surface area (Å²) in [4.78, 5) is 24.8. The Morgan fingerprint density at radius 3 is 2.79 bits per heavy atom. The molecule has 0 unspecified atom stereocenters. The van der Waals surface area contributed by atoms with Crippen LogP contribution in [-0.4, -0.2) is 41.4 Å². The SMILES string of the molecule is CN(C)C/C=C/C(=O)NCc1ccc(-c2ccc3ncnc(Nc4ccc(F)c(Cl)c4)c3c2)s1. The fourth-order valence-corrected chi connectivity index (χ4v) is 4.38. The predicted octanol–water partition coefficient (Wildman–Crippen LogP) is 5.63. The van der Waals surface area contributed by atoms with E-state index >= 15 is 0 Å². The molecule has 9 heteroatoms. The van der Waals surface area contributed by atoms with E-state index in [1.54, 1.807) is 23.5 Å². The molecule has 2 aromatic carbocycles. The highest BCUT2D eigenvalue weighted by Gasteiger charge is 2.10. The van der Waals surface area contributed by atoms with E-state index in [0.717, 1.165) is 26.2 Å². The van der Waals surface area contributed by atoms with Crippen LogP contribution < -0.4 is 10.6 Å². The third-order valence-corrected chi connectivity index (χ3v) is 6.36. The van der Waals surface area contributed by atoms with Gasteiger partial charge in [-0.25, -0.2) is 14.4 Å². The number of likely N-dealkylation sites (N-methyl/N-ethyl adjacent to an activating group) is 1. The summed E-state index contributed by atoms with van der Waals surface area (Å²) in [5.74, 6) is 0.00988. The summed E-state index contributed by atoms with van der Waals surface area (Å²) in [5, 5.41) is 6.98. The number of rotatable bonds is 8. The number of nitrogens with one attached hydrogen (secondary N) is 2. The second kappa shape index (κ2) is 10.7. The second-order valence-corrected chi connectivity index (χ2v) is 9.43. The van der Waals surface area contributed by atoms with Gasteiger partial charge in [-0.05, 0) is 62.1 Å². The molecule has 0 saturated carbocycles. The van der Waals surface area contributed by atoms with E-state index in [2.05, 4.69) is 20.6 Å². The van der Waals surface area contributed by atoms with Crippen molar-refractivity contribution in [3.8, 4) is 10.4 Å². The van der Waals surface area contributed by atoms with Crippen molar-refractivity contribution in [2.75, 3.05) is 26.0 Å². The highest BCUT2D eigenvalue weighted by atomic mass is 35.5. The summed E-state index contributed by atoms with van der Waals surface area (Å²) in [6.07, 6.45) is 4.87. The van der Waals surface area contributed by atoms with Gasteiger partial charge >= 0.3 is 0 Å². The van der Waals surface area contributed by atoms with Crippen LogP contribution in [0.15, 0.2) is 67.0 Å². The number of aromatic nitrogens is 2. The lowest BCUT2D eigenvalue weighted by Crippen LogP contribution is -2.20. The maximum absolute atomic E-state index is 13.5. The molecular weight excluding hydrogens is 473 g/mol. The summed E-state index contributed by atoms with van der Waals surface area (Å²) >= 11 is 7.52. The molecular formula is C25H23ClFN5OS. The van der Waals surface area contributed by atoms with E-state index in [0.29, 0.717) is 24.6 Å². The quantitative estimate of drug-likeness (QED) is 0.310. The number of benzene rings is 2. The van der Waals surface area contributed by atoms with Crippen LogP contribution in [0.3, 0.4) is 0 Å². The van der Waals surface area contributed by atoms with Crippen molar-refractivity contribution in [1.29, 1.82) is 0 Å². The van der Waals surface area contributed by atoms with Gasteiger partial charge < -0.3 is 15.5 Å². The number of halogens is 2. The lowest BCUT2D eigenvalue weighted by atomic mass is 10.1. The average molecular weight is 496 g/mol. The highest BCUT2D eigenvalue weighted by molar-refractivity contribution is 7.15. The monoisotopic (exact) mass is 495 g/mol. The van der Waals surface area contributed by atoms with Gasteiger partial charge in [-0.2, -0.15) is 0 Å². The molecule has 0 aliphatic carbocycles. The van der Waals surface area contributed by atoms with Crippen LogP contribution in [-0.2, 0) is 11.3 Å². The first kappa shape index (κ1) is 23.8. The van der Waals surface area contributed by atoms with Gasteiger partial charge in [-0.1, -0.05) is 23.7 Å². The van der Waals surface area contributed by atoms with Crippen LogP contribution >= 0.6 is 22.9 Å². The molecule has 0 aliphatic heterocycles. The fraction of sp³-hybridized carbons (Fsp3) is 0.160. The van der Waals surface area contributed by atoms with E-state index in [1.165, 1.54) is 18.5 Å². The molecule has 2 N–H and O–H groups in total. The van der Waals surface area contributed by atoms with Crippen LogP contribution in [0, 0.1) is 5.82 Å². The minimum absolute atomic E-state index is 0.0375. The minimum atomic E-state index is -0.476. The van der Waals surface area contributed by atoms with E-state index in [1.807, 2.05) is 55.4 Å². The van der Waals surface area contributed by atoms with Crippen LogP contribution in [0.25, 0.3) is 21.3 Å². The topological polar surface area (TPSA) is 70.2 Å². The van der Waals surface area contributed by atoms with Gasteiger partial charge in [0.2, 0.25) is 5.91 Å². The van der Waals surface area contributed by atoms with Gasteiger partial charge in [0.1, 0.15) is 18.0 Å². The maximum Gasteiger partial charge on any atom is 0.243 e. The van der Waals surface area contributed by atoms with Crippen molar-refractivity contribution in [3.63, 3.8) is 0 Å². The van der Waals surface area contributed by atoms with Crippen molar-refractivity contribution in [2.45, 2.75) is 6.54 Å². The Bertz CT molecular complexity index is 1350. The molecule has 0 bridgehead atoms. The standard InChI is InChI=1S/C25H23ClFN5OS/c1-32(2)11-3-4-24(33)28-14-18-7-10-23(34-18)16-5-9-22-19(12-16)25(30-15-29-22)31-17-6-8-21(27)20(26)13-17/h3-10,12-13,15H,11,14H2,1-2H3,(H,28,33)(H,29,30,31)/b4-3+. The number of thiophene rings is 1. The first-order valence-electron chi connectivity index (χ1n) is 10.5. The van der Waals surface area contributed by atoms with Crippen molar-refractivity contribution in [1.82, 2.24) is 20.2 Å². The zero-order chi connectivity index (χ0) is 24.1. The Labute approximate surface area is 206 Å². The Balaban J connectivity index is 1.51. The molecule has 0 radical (unpaired) electrons. The van der Waals surface area contributed by atoms with Gasteiger partial charge in [0.15, 0.2) is 0 Å². The molecule has 0 atom stereocenters. The Morgan fingerprint density at radius 1 is 1.15 bits per heavy atom. The summed E-state index contributed by atoms with van der Waals surface area (Å²) < 4.78 is 13.5. The summed E-state index contributed by atoms with van der Waals surface area (Å²) in [6, 6.07) is 14.4. The number of amides is 1. The number of anilines is 2. The third-order valence-electron chi connectivity index (χ3n) is 4.94. The van der Waals surface area contributed by atoms with Gasteiger partial charge in [0, 0.05) is 33.4 Å². The lowest BCUT2D eigenvalue weighted by molar-refractivity contribution is -0.116. The molecule has 2 aromatic heterocycles. The normalized spacial score (nSPS) is 11.4. The third kappa shape index (κ3) is 5.96. The summed E-state index contributed by atoms with van der Waals surface area (Å²) in [7, 11) is 3.90. The van der Waals surface area contributed by atoms with Crippen LogP contribution in [0.4, 0.5) is 15.9 Å². The van der Waals surface area contributed by atoms with Gasteiger partial charge in [0.25, 0.3) is 0 Å². The van der Waals surface area contributed by atoms with Crippen LogP contribution in [0.5, 0.6) is 0 Å². The molecule has 0 saturated heterocycles. The van der Waals surface area contributed by atoms with Gasteiger partial charge in [-0.15, -0.1) is 11.3 Å².